The smallest absolute Gasteiger partial charge is 0.357 e. The highest BCUT2D eigenvalue weighted by Gasteiger charge is 2.33. The van der Waals surface area contributed by atoms with E-state index in [-0.39, 0.29) is 0 Å². The largest absolute Gasteiger partial charge is 0.434 e. The maximum atomic E-state index is 12.5. The fraction of sp³-hybridized carbons (Fsp3) is 0.733. The van der Waals surface area contributed by atoms with Gasteiger partial charge in [0.1, 0.15) is 0 Å². The van der Waals surface area contributed by atoms with Crippen LogP contribution in [0.25, 0.3) is 0 Å². The lowest BCUT2D eigenvalue weighted by Crippen LogP contribution is -2.46. The Bertz CT molecular complexity index is 527. The number of aromatic nitrogens is 1. The van der Waals surface area contributed by atoms with Crippen LogP contribution in [0.15, 0.2) is 10.4 Å². The van der Waals surface area contributed by atoms with Gasteiger partial charge >= 0.3 is 6.18 Å². The van der Waals surface area contributed by atoms with Gasteiger partial charge in [0.2, 0.25) is 0 Å². The van der Waals surface area contributed by atoms with Crippen molar-refractivity contribution >= 4 is 17.3 Å². The second kappa shape index (κ2) is 7.99. The Morgan fingerprint density at radius 2 is 2.30 bits per heavy atom. The molecule has 0 spiro atoms. The number of nitrogens with one attached hydrogen (secondary N) is 1. The number of piperidine rings is 1. The molecule has 1 aromatic heterocycles. The van der Waals surface area contributed by atoms with Crippen LogP contribution < -0.4 is 5.32 Å². The van der Waals surface area contributed by atoms with Gasteiger partial charge < -0.3 is 10.2 Å². The molecule has 0 aliphatic carbocycles. The molecule has 0 radical (unpaired) electrons. The molecule has 0 bridgehead atoms. The van der Waals surface area contributed by atoms with Crippen LogP contribution in [-0.2, 0) is 12.6 Å². The van der Waals surface area contributed by atoms with Crippen LogP contribution >= 0.6 is 11.3 Å². The molecule has 1 aliphatic heterocycles. The summed E-state index contributed by atoms with van der Waals surface area (Å²) in [7, 11) is 0. The minimum Gasteiger partial charge on any atom is -0.357 e. The van der Waals surface area contributed by atoms with E-state index in [1.807, 2.05) is 6.92 Å². The molecule has 8 heteroatoms. The Morgan fingerprint density at radius 3 is 2.91 bits per heavy atom. The average molecular weight is 348 g/mol. The molecule has 23 heavy (non-hydrogen) atoms. The number of aliphatic imine (C=N–C) groups is 1. The van der Waals surface area contributed by atoms with Crippen LogP contribution in [0.5, 0.6) is 0 Å². The Balaban J connectivity index is 1.94. The summed E-state index contributed by atoms with van der Waals surface area (Å²) in [6.45, 7) is 7.41. The first-order valence-corrected chi connectivity index (χ1v) is 8.83. The first kappa shape index (κ1) is 18.0. The third-order valence-corrected chi connectivity index (χ3v) is 4.63. The van der Waals surface area contributed by atoms with Gasteiger partial charge in [0.05, 0.1) is 5.01 Å². The third kappa shape index (κ3) is 5.37. The van der Waals surface area contributed by atoms with Crippen molar-refractivity contribution in [3.8, 4) is 0 Å². The van der Waals surface area contributed by atoms with Crippen molar-refractivity contribution in [1.82, 2.24) is 15.2 Å². The van der Waals surface area contributed by atoms with Crippen molar-refractivity contribution in [3.63, 3.8) is 0 Å². The van der Waals surface area contributed by atoms with E-state index in [0.717, 1.165) is 48.7 Å². The van der Waals surface area contributed by atoms with Gasteiger partial charge in [0, 0.05) is 38.0 Å². The summed E-state index contributed by atoms with van der Waals surface area (Å²) in [4.78, 5) is 10.4. The van der Waals surface area contributed by atoms with E-state index in [1.165, 1.54) is 6.42 Å². The molecule has 1 aliphatic rings. The summed E-state index contributed by atoms with van der Waals surface area (Å²) in [6, 6.07) is 0. The predicted octanol–water partition coefficient (Wildman–Crippen LogP) is 3.40. The second-order valence-corrected chi connectivity index (χ2v) is 6.75. The predicted molar refractivity (Wildman–Crippen MR) is 86.8 cm³/mol. The zero-order valence-corrected chi connectivity index (χ0v) is 14.3. The highest BCUT2D eigenvalue weighted by molar-refractivity contribution is 7.09. The monoisotopic (exact) mass is 348 g/mol. The molecule has 1 aromatic rings. The molecule has 1 unspecified atom stereocenters. The Labute approximate surface area is 138 Å². The SMILES string of the molecule is CCNC(=NCCc1nc(C(F)(F)F)cs1)N1CCCC(C)C1. The Kier molecular flexibility index (Phi) is 6.26. The summed E-state index contributed by atoms with van der Waals surface area (Å²) in [5.41, 5.74) is -0.807. The summed E-state index contributed by atoms with van der Waals surface area (Å²) >= 11 is 1.04. The molecule has 130 valence electrons. The van der Waals surface area contributed by atoms with E-state index >= 15 is 0 Å². The van der Waals surface area contributed by atoms with Gasteiger partial charge in [-0.15, -0.1) is 11.3 Å². The Morgan fingerprint density at radius 1 is 1.52 bits per heavy atom. The molecule has 2 heterocycles. The van der Waals surface area contributed by atoms with Crippen LogP contribution in [0.4, 0.5) is 13.2 Å². The third-order valence-electron chi connectivity index (χ3n) is 3.72. The number of nitrogens with zero attached hydrogens (tertiary/aromatic N) is 3. The van der Waals surface area contributed by atoms with Gasteiger partial charge in [-0.2, -0.15) is 13.2 Å². The van der Waals surface area contributed by atoms with E-state index in [9.17, 15) is 13.2 Å². The van der Waals surface area contributed by atoms with Gasteiger partial charge in [-0.1, -0.05) is 6.92 Å². The number of hydrogen-bond acceptors (Lipinski definition) is 3. The fourth-order valence-electron chi connectivity index (χ4n) is 2.62. The Hall–Kier alpha value is -1.31. The molecule has 0 saturated carbocycles. The van der Waals surface area contributed by atoms with Crippen molar-refractivity contribution in [2.45, 2.75) is 39.3 Å². The number of guanidine groups is 1. The van der Waals surface area contributed by atoms with E-state index in [1.54, 1.807) is 0 Å². The molecule has 0 amide bonds. The lowest BCUT2D eigenvalue weighted by Gasteiger charge is -2.33. The van der Waals surface area contributed by atoms with E-state index in [2.05, 4.69) is 27.1 Å². The summed E-state index contributed by atoms with van der Waals surface area (Å²) in [5.74, 6) is 1.49. The van der Waals surface area contributed by atoms with Crippen LogP contribution in [-0.4, -0.2) is 42.0 Å². The summed E-state index contributed by atoms with van der Waals surface area (Å²) in [6.07, 6.45) is -1.56. The molecule has 1 saturated heterocycles. The first-order chi connectivity index (χ1) is 10.9. The number of halogens is 3. The highest BCUT2D eigenvalue weighted by atomic mass is 32.1. The van der Waals surface area contributed by atoms with Gasteiger partial charge in [0.15, 0.2) is 11.7 Å². The number of rotatable bonds is 4. The molecule has 1 atom stereocenters. The lowest BCUT2D eigenvalue weighted by atomic mass is 10.0. The highest BCUT2D eigenvalue weighted by Crippen LogP contribution is 2.30. The first-order valence-electron chi connectivity index (χ1n) is 7.95. The zero-order valence-electron chi connectivity index (χ0n) is 13.5. The molecule has 0 aromatic carbocycles. The van der Waals surface area contributed by atoms with Crippen molar-refractivity contribution in [2.75, 3.05) is 26.2 Å². The van der Waals surface area contributed by atoms with E-state index < -0.39 is 11.9 Å². The number of thiazole rings is 1. The topological polar surface area (TPSA) is 40.5 Å². The van der Waals surface area contributed by atoms with Gasteiger partial charge in [-0.3, -0.25) is 4.99 Å². The average Bonchev–Trinajstić information content (AvgIpc) is 2.95. The van der Waals surface area contributed by atoms with Crippen LogP contribution in [0, 0.1) is 5.92 Å². The van der Waals surface area contributed by atoms with E-state index in [0.29, 0.717) is 23.9 Å². The van der Waals surface area contributed by atoms with Crippen molar-refractivity contribution in [3.05, 3.63) is 16.1 Å². The normalized spacial score (nSPS) is 20.0. The van der Waals surface area contributed by atoms with Crippen LogP contribution in [0.1, 0.15) is 37.4 Å². The van der Waals surface area contributed by atoms with Gasteiger partial charge in [-0.05, 0) is 25.7 Å². The van der Waals surface area contributed by atoms with Crippen molar-refractivity contribution in [2.24, 2.45) is 10.9 Å². The van der Waals surface area contributed by atoms with Crippen LogP contribution in [0.3, 0.4) is 0 Å². The molecule has 1 N–H and O–H groups in total. The minimum atomic E-state index is -4.36. The molecule has 4 nitrogen and oxygen atoms in total. The van der Waals surface area contributed by atoms with E-state index in [4.69, 9.17) is 0 Å². The molecular formula is C15H23F3N4S. The summed E-state index contributed by atoms with van der Waals surface area (Å²) in [5, 5.41) is 4.81. The van der Waals surface area contributed by atoms with Gasteiger partial charge in [0.25, 0.3) is 0 Å². The summed E-state index contributed by atoms with van der Waals surface area (Å²) < 4.78 is 37.6. The van der Waals surface area contributed by atoms with Gasteiger partial charge in [-0.25, -0.2) is 4.98 Å². The standard InChI is InChI=1S/C15H23F3N4S/c1-3-19-14(22-8-4-5-11(2)9-22)20-7-6-13-21-12(10-23-13)15(16,17)18/h10-11H,3-9H2,1-2H3,(H,19,20). The zero-order chi connectivity index (χ0) is 16.9. The molecule has 2 rings (SSSR count). The quantitative estimate of drug-likeness (QED) is 0.670. The molecule has 1 fully saturated rings. The molecular weight excluding hydrogens is 325 g/mol. The van der Waals surface area contributed by atoms with Crippen molar-refractivity contribution < 1.29 is 13.2 Å². The second-order valence-electron chi connectivity index (χ2n) is 5.80. The minimum absolute atomic E-state index is 0.430. The number of hydrogen-bond donors (Lipinski definition) is 1. The fourth-order valence-corrected chi connectivity index (χ4v) is 3.42. The number of alkyl halides is 3. The lowest BCUT2D eigenvalue weighted by molar-refractivity contribution is -0.140. The van der Waals surface area contributed by atoms with Crippen molar-refractivity contribution in [1.29, 1.82) is 0 Å². The maximum Gasteiger partial charge on any atom is 0.434 e. The number of likely N-dealkylation sites (tertiary alicyclic amines) is 1. The maximum absolute atomic E-state index is 12.5. The van der Waals surface area contributed by atoms with Crippen LogP contribution in [0.2, 0.25) is 0 Å².